The van der Waals surface area contributed by atoms with E-state index in [-0.39, 0.29) is 5.92 Å². The predicted octanol–water partition coefficient (Wildman–Crippen LogP) is 2.52. The number of ether oxygens (including phenoxy) is 1. The van der Waals surface area contributed by atoms with Crippen molar-refractivity contribution in [1.82, 2.24) is 0 Å². The molecule has 0 bridgehead atoms. The number of nitrogens with zero attached hydrogens (tertiary/aromatic N) is 1. The Balaban J connectivity index is 2.34. The highest BCUT2D eigenvalue weighted by Gasteiger charge is 2.18. The molecule has 13 heavy (non-hydrogen) atoms. The van der Waals surface area contributed by atoms with Crippen molar-refractivity contribution >= 4 is 15.9 Å². The van der Waals surface area contributed by atoms with E-state index in [9.17, 15) is 0 Å². The minimum absolute atomic E-state index is 0.00167. The third-order valence-electron chi connectivity index (χ3n) is 2.11. The molecule has 3 heteroatoms. The second-order valence-corrected chi connectivity index (χ2v) is 4.01. The maximum atomic E-state index is 8.74. The van der Waals surface area contributed by atoms with Gasteiger partial charge in [0.2, 0.25) is 0 Å². The molecule has 1 heterocycles. The topological polar surface area (TPSA) is 33.0 Å². The first-order valence-electron chi connectivity index (χ1n) is 4.10. The van der Waals surface area contributed by atoms with Crippen LogP contribution in [0.5, 0.6) is 5.75 Å². The minimum atomic E-state index is 0.00167. The van der Waals surface area contributed by atoms with Gasteiger partial charge in [-0.1, -0.05) is 15.9 Å². The zero-order valence-corrected chi connectivity index (χ0v) is 8.54. The Morgan fingerprint density at radius 3 is 3.15 bits per heavy atom. The molecule has 0 fully saturated rings. The van der Waals surface area contributed by atoms with Crippen LogP contribution in [0.1, 0.15) is 5.56 Å². The summed E-state index contributed by atoms with van der Waals surface area (Å²) in [6.07, 6.45) is 0.797. The van der Waals surface area contributed by atoms with Crippen LogP contribution in [0.25, 0.3) is 0 Å². The van der Waals surface area contributed by atoms with Gasteiger partial charge in [0.15, 0.2) is 0 Å². The molecule has 0 amide bonds. The third-order valence-corrected chi connectivity index (χ3v) is 2.60. The van der Waals surface area contributed by atoms with Crippen LogP contribution in [0.15, 0.2) is 22.7 Å². The fourth-order valence-corrected chi connectivity index (χ4v) is 1.85. The molecule has 0 aliphatic carbocycles. The van der Waals surface area contributed by atoms with E-state index in [0.29, 0.717) is 6.61 Å². The molecule has 2 nitrogen and oxygen atoms in total. The van der Waals surface area contributed by atoms with Crippen LogP contribution in [0, 0.1) is 17.2 Å². The summed E-state index contributed by atoms with van der Waals surface area (Å²) in [7, 11) is 0. The van der Waals surface area contributed by atoms with Crippen LogP contribution in [0.3, 0.4) is 0 Å². The fourth-order valence-electron chi connectivity index (χ4n) is 1.45. The van der Waals surface area contributed by atoms with E-state index in [4.69, 9.17) is 10.00 Å². The summed E-state index contributed by atoms with van der Waals surface area (Å²) in [4.78, 5) is 0. The summed E-state index contributed by atoms with van der Waals surface area (Å²) in [6.45, 7) is 0.519. The van der Waals surface area contributed by atoms with Crippen LogP contribution in [0.4, 0.5) is 0 Å². The molecule has 2 rings (SSSR count). The quantitative estimate of drug-likeness (QED) is 0.695. The first-order valence-corrected chi connectivity index (χ1v) is 4.90. The van der Waals surface area contributed by atoms with Crippen LogP contribution < -0.4 is 4.74 Å². The lowest BCUT2D eigenvalue weighted by Gasteiger charge is -2.20. The number of benzene rings is 1. The summed E-state index contributed by atoms with van der Waals surface area (Å²) >= 11 is 3.39. The van der Waals surface area contributed by atoms with Crippen molar-refractivity contribution < 1.29 is 4.74 Å². The maximum Gasteiger partial charge on any atom is 0.122 e. The van der Waals surface area contributed by atoms with E-state index in [1.165, 1.54) is 0 Å². The Hall–Kier alpha value is -1.01. The van der Waals surface area contributed by atoms with E-state index in [0.717, 1.165) is 22.2 Å². The van der Waals surface area contributed by atoms with Gasteiger partial charge in [0.05, 0.1) is 12.0 Å². The Morgan fingerprint density at radius 2 is 2.38 bits per heavy atom. The van der Waals surface area contributed by atoms with Gasteiger partial charge in [-0.2, -0.15) is 5.26 Å². The van der Waals surface area contributed by atoms with Crippen molar-refractivity contribution in [3.63, 3.8) is 0 Å². The van der Waals surface area contributed by atoms with Crippen molar-refractivity contribution in [2.24, 2.45) is 5.92 Å². The van der Waals surface area contributed by atoms with Gasteiger partial charge >= 0.3 is 0 Å². The number of halogens is 1. The Kier molecular flexibility index (Phi) is 2.24. The number of fused-ring (bicyclic) bond motifs is 1. The van der Waals surface area contributed by atoms with Gasteiger partial charge in [-0.3, -0.25) is 0 Å². The van der Waals surface area contributed by atoms with Crippen LogP contribution in [0.2, 0.25) is 0 Å². The SMILES string of the molecule is N#C[C@@H]1COc2ccc(Br)cc2C1. The lowest BCUT2D eigenvalue weighted by molar-refractivity contribution is 0.253. The molecule has 1 aromatic carbocycles. The number of hydrogen-bond acceptors (Lipinski definition) is 2. The van der Waals surface area contributed by atoms with Gasteiger partial charge < -0.3 is 4.74 Å². The van der Waals surface area contributed by atoms with Gasteiger partial charge in [0.1, 0.15) is 12.4 Å². The molecule has 1 aliphatic heterocycles. The van der Waals surface area contributed by atoms with E-state index in [1.807, 2.05) is 18.2 Å². The highest BCUT2D eigenvalue weighted by Crippen LogP contribution is 2.29. The number of rotatable bonds is 0. The number of hydrogen-bond donors (Lipinski definition) is 0. The Labute approximate surface area is 85.3 Å². The first kappa shape index (κ1) is 8.58. The van der Waals surface area contributed by atoms with Crippen molar-refractivity contribution in [1.29, 1.82) is 5.26 Å². The number of nitriles is 1. The molecular weight excluding hydrogens is 230 g/mol. The summed E-state index contributed by atoms with van der Waals surface area (Å²) in [5.41, 5.74) is 1.12. The fraction of sp³-hybridized carbons (Fsp3) is 0.300. The molecule has 0 saturated heterocycles. The van der Waals surface area contributed by atoms with Crippen molar-refractivity contribution in [2.75, 3.05) is 6.61 Å². The minimum Gasteiger partial charge on any atom is -0.492 e. The first-order chi connectivity index (χ1) is 6.29. The monoisotopic (exact) mass is 237 g/mol. The molecule has 0 saturated carbocycles. The molecule has 1 aliphatic rings. The molecular formula is C10H8BrNO. The van der Waals surface area contributed by atoms with Gasteiger partial charge in [-0.05, 0) is 30.2 Å². The zero-order valence-electron chi connectivity index (χ0n) is 6.96. The smallest absolute Gasteiger partial charge is 0.122 e. The molecule has 0 aromatic heterocycles. The Morgan fingerprint density at radius 1 is 1.54 bits per heavy atom. The predicted molar refractivity (Wildman–Crippen MR) is 52.4 cm³/mol. The molecule has 0 spiro atoms. The van der Waals surface area contributed by atoms with E-state index in [1.54, 1.807) is 0 Å². The average molecular weight is 238 g/mol. The normalized spacial score (nSPS) is 19.8. The largest absolute Gasteiger partial charge is 0.492 e. The van der Waals surface area contributed by atoms with E-state index >= 15 is 0 Å². The summed E-state index contributed by atoms with van der Waals surface area (Å²) in [6, 6.07) is 8.12. The molecule has 0 N–H and O–H groups in total. The standard InChI is InChI=1S/C10H8BrNO/c11-9-1-2-10-8(4-9)3-7(5-12)6-13-10/h1-2,4,7H,3,6H2/t7-/m1/s1. The highest BCUT2D eigenvalue weighted by atomic mass is 79.9. The van der Waals surface area contributed by atoms with Gasteiger partial charge in [0, 0.05) is 4.47 Å². The summed E-state index contributed by atoms with van der Waals surface area (Å²) in [5, 5.41) is 8.74. The highest BCUT2D eigenvalue weighted by molar-refractivity contribution is 9.10. The van der Waals surface area contributed by atoms with Crippen LogP contribution in [-0.4, -0.2) is 6.61 Å². The second-order valence-electron chi connectivity index (χ2n) is 3.09. The van der Waals surface area contributed by atoms with E-state index in [2.05, 4.69) is 22.0 Å². The van der Waals surface area contributed by atoms with Gasteiger partial charge in [0.25, 0.3) is 0 Å². The third kappa shape index (κ3) is 1.68. The van der Waals surface area contributed by atoms with Crippen molar-refractivity contribution in [2.45, 2.75) is 6.42 Å². The molecule has 0 radical (unpaired) electrons. The van der Waals surface area contributed by atoms with E-state index < -0.39 is 0 Å². The molecule has 66 valence electrons. The Bertz CT molecular complexity index is 370. The molecule has 1 atom stereocenters. The van der Waals surface area contributed by atoms with Crippen LogP contribution in [-0.2, 0) is 6.42 Å². The zero-order chi connectivity index (χ0) is 9.26. The van der Waals surface area contributed by atoms with Crippen molar-refractivity contribution in [3.05, 3.63) is 28.2 Å². The summed E-state index contributed by atoms with van der Waals surface area (Å²) in [5.74, 6) is 0.913. The maximum absolute atomic E-state index is 8.74. The van der Waals surface area contributed by atoms with Gasteiger partial charge in [-0.25, -0.2) is 0 Å². The average Bonchev–Trinajstić information content (AvgIpc) is 2.16. The second kappa shape index (κ2) is 3.39. The lowest BCUT2D eigenvalue weighted by Crippen LogP contribution is -2.19. The molecule has 0 unspecified atom stereocenters. The summed E-state index contributed by atoms with van der Waals surface area (Å²) < 4.78 is 6.47. The molecule has 1 aromatic rings. The van der Waals surface area contributed by atoms with Crippen molar-refractivity contribution in [3.8, 4) is 11.8 Å². The lowest BCUT2D eigenvalue weighted by atomic mass is 9.98. The van der Waals surface area contributed by atoms with Gasteiger partial charge in [-0.15, -0.1) is 0 Å². The van der Waals surface area contributed by atoms with Crippen LogP contribution >= 0.6 is 15.9 Å².